The molecule has 0 bridgehead atoms. The van der Waals surface area contributed by atoms with E-state index in [-0.39, 0.29) is 11.7 Å². The molecule has 27 heavy (non-hydrogen) atoms. The van der Waals surface area contributed by atoms with Gasteiger partial charge in [0.15, 0.2) is 10.9 Å². The van der Waals surface area contributed by atoms with Gasteiger partial charge in [-0.25, -0.2) is 9.37 Å². The summed E-state index contributed by atoms with van der Waals surface area (Å²) in [6.45, 7) is 2.54. The highest BCUT2D eigenvalue weighted by Gasteiger charge is 2.24. The summed E-state index contributed by atoms with van der Waals surface area (Å²) in [7, 11) is 1.58. The Balaban J connectivity index is 1.48. The molecular weight excluding hydrogens is 389 g/mol. The topological polar surface area (TPSA) is 45.7 Å². The lowest BCUT2D eigenvalue weighted by molar-refractivity contribution is 0.0746. The molecule has 1 aliphatic rings. The Labute approximate surface area is 164 Å². The number of benzene rings is 2. The minimum absolute atomic E-state index is 0.0765. The second-order valence-electron chi connectivity index (χ2n) is 6.21. The van der Waals surface area contributed by atoms with Crippen molar-refractivity contribution in [2.24, 2.45) is 0 Å². The van der Waals surface area contributed by atoms with E-state index in [0.717, 1.165) is 15.3 Å². The zero-order chi connectivity index (χ0) is 19.0. The molecule has 0 saturated carbocycles. The maximum absolute atomic E-state index is 13.0. The number of hydrogen-bond acceptors (Lipinski definition) is 5. The standard InChI is InChI=1S/C19H17ClFN3O2S/c1-26-17-14(20)6-7-15-16(17)22-19(27-15)24-10-8-23(9-11-24)18(25)12-2-4-13(21)5-3-12/h2-7H,8-11H2,1H3. The Morgan fingerprint density at radius 1 is 1.15 bits per heavy atom. The lowest BCUT2D eigenvalue weighted by atomic mass is 10.2. The molecule has 0 aliphatic carbocycles. The van der Waals surface area contributed by atoms with Crippen molar-refractivity contribution in [2.45, 2.75) is 0 Å². The SMILES string of the molecule is COc1c(Cl)ccc2sc(N3CCN(C(=O)c4ccc(F)cc4)CC3)nc12. The van der Waals surface area contributed by atoms with Crippen LogP contribution in [0.5, 0.6) is 5.75 Å². The number of carbonyl (C=O) groups is 1. The molecule has 0 radical (unpaired) electrons. The number of rotatable bonds is 3. The molecular formula is C19H17ClFN3O2S. The van der Waals surface area contributed by atoms with Gasteiger partial charge >= 0.3 is 0 Å². The van der Waals surface area contributed by atoms with E-state index >= 15 is 0 Å². The zero-order valence-electron chi connectivity index (χ0n) is 14.6. The van der Waals surface area contributed by atoms with Gasteiger partial charge in [0.05, 0.1) is 16.8 Å². The molecule has 1 saturated heterocycles. The molecule has 5 nitrogen and oxygen atoms in total. The average Bonchev–Trinajstić information content (AvgIpc) is 3.12. The van der Waals surface area contributed by atoms with Crippen molar-refractivity contribution < 1.29 is 13.9 Å². The Bertz CT molecular complexity index is 985. The Kier molecular flexibility index (Phi) is 4.88. The van der Waals surface area contributed by atoms with Crippen molar-refractivity contribution in [3.63, 3.8) is 0 Å². The van der Waals surface area contributed by atoms with Gasteiger partial charge in [-0.1, -0.05) is 22.9 Å². The number of thiazole rings is 1. The summed E-state index contributed by atoms with van der Waals surface area (Å²) in [5.74, 6) is 0.164. The predicted octanol–water partition coefficient (Wildman–Crippen LogP) is 4.06. The predicted molar refractivity (Wildman–Crippen MR) is 106 cm³/mol. The van der Waals surface area contributed by atoms with Crippen LogP contribution in [-0.4, -0.2) is 49.1 Å². The van der Waals surface area contributed by atoms with Gasteiger partial charge in [-0.15, -0.1) is 0 Å². The lowest BCUT2D eigenvalue weighted by Gasteiger charge is -2.34. The molecule has 4 rings (SSSR count). The van der Waals surface area contributed by atoms with E-state index in [1.165, 1.54) is 24.3 Å². The molecule has 0 atom stereocenters. The third-order valence-corrected chi connectivity index (χ3v) is 5.97. The van der Waals surface area contributed by atoms with Crippen LogP contribution in [0.2, 0.25) is 5.02 Å². The fraction of sp³-hybridized carbons (Fsp3) is 0.263. The van der Waals surface area contributed by atoms with Crippen molar-refractivity contribution in [3.05, 3.63) is 52.8 Å². The highest BCUT2D eigenvalue weighted by molar-refractivity contribution is 7.22. The smallest absolute Gasteiger partial charge is 0.253 e. The number of halogens is 2. The maximum Gasteiger partial charge on any atom is 0.253 e. The van der Waals surface area contributed by atoms with Gasteiger partial charge in [-0.3, -0.25) is 4.79 Å². The Morgan fingerprint density at radius 2 is 1.85 bits per heavy atom. The monoisotopic (exact) mass is 405 g/mol. The fourth-order valence-electron chi connectivity index (χ4n) is 3.14. The van der Waals surface area contributed by atoms with Crippen molar-refractivity contribution >= 4 is 44.2 Å². The largest absolute Gasteiger partial charge is 0.493 e. The van der Waals surface area contributed by atoms with Crippen LogP contribution < -0.4 is 9.64 Å². The number of piperazine rings is 1. The van der Waals surface area contributed by atoms with Crippen LogP contribution in [0.4, 0.5) is 9.52 Å². The highest BCUT2D eigenvalue weighted by Crippen LogP contribution is 2.38. The van der Waals surface area contributed by atoms with Gasteiger partial charge in [-0.2, -0.15) is 0 Å². The molecule has 8 heteroatoms. The molecule has 1 aromatic heterocycles. The molecule has 1 aliphatic heterocycles. The van der Waals surface area contributed by atoms with E-state index in [0.29, 0.717) is 42.5 Å². The summed E-state index contributed by atoms with van der Waals surface area (Å²) in [5, 5.41) is 1.43. The first kappa shape index (κ1) is 18.0. The van der Waals surface area contributed by atoms with Crippen LogP contribution in [0.25, 0.3) is 10.2 Å². The van der Waals surface area contributed by atoms with Crippen LogP contribution in [-0.2, 0) is 0 Å². The molecule has 3 aromatic rings. The summed E-state index contributed by atoms with van der Waals surface area (Å²) in [6.07, 6.45) is 0. The Hall–Kier alpha value is -2.38. The average molecular weight is 406 g/mol. The quantitative estimate of drug-likeness (QED) is 0.659. The number of aromatic nitrogens is 1. The minimum atomic E-state index is -0.345. The number of fused-ring (bicyclic) bond motifs is 1. The van der Waals surface area contributed by atoms with Crippen LogP contribution in [0, 0.1) is 5.82 Å². The number of anilines is 1. The van der Waals surface area contributed by atoms with Crippen LogP contribution >= 0.6 is 22.9 Å². The number of ether oxygens (including phenoxy) is 1. The van der Waals surface area contributed by atoms with E-state index in [1.807, 2.05) is 12.1 Å². The fourth-order valence-corrected chi connectivity index (χ4v) is 4.38. The number of amides is 1. The molecule has 0 spiro atoms. The molecule has 0 unspecified atom stereocenters. The molecule has 2 heterocycles. The Morgan fingerprint density at radius 3 is 2.52 bits per heavy atom. The minimum Gasteiger partial charge on any atom is -0.493 e. The first-order valence-electron chi connectivity index (χ1n) is 8.49. The van der Waals surface area contributed by atoms with E-state index < -0.39 is 0 Å². The number of hydrogen-bond donors (Lipinski definition) is 0. The molecule has 1 fully saturated rings. The summed E-state index contributed by atoms with van der Waals surface area (Å²) in [6, 6.07) is 9.41. The van der Waals surface area contributed by atoms with Gasteiger partial charge < -0.3 is 14.5 Å². The van der Waals surface area contributed by atoms with E-state index in [4.69, 9.17) is 21.3 Å². The van der Waals surface area contributed by atoms with Crippen molar-refractivity contribution in [1.29, 1.82) is 0 Å². The maximum atomic E-state index is 13.0. The third-order valence-electron chi connectivity index (χ3n) is 4.59. The van der Waals surface area contributed by atoms with Gasteiger partial charge in [0, 0.05) is 31.7 Å². The van der Waals surface area contributed by atoms with Crippen LogP contribution in [0.15, 0.2) is 36.4 Å². The number of carbonyl (C=O) groups excluding carboxylic acids is 1. The summed E-state index contributed by atoms with van der Waals surface area (Å²) >= 11 is 7.76. The normalized spacial score (nSPS) is 14.6. The second-order valence-corrected chi connectivity index (χ2v) is 7.63. The van der Waals surface area contributed by atoms with Crippen LogP contribution in [0.3, 0.4) is 0 Å². The van der Waals surface area contributed by atoms with Gasteiger partial charge in [0.2, 0.25) is 0 Å². The number of methoxy groups -OCH3 is 1. The zero-order valence-corrected chi connectivity index (χ0v) is 16.2. The first-order chi connectivity index (χ1) is 13.1. The summed E-state index contributed by atoms with van der Waals surface area (Å²) in [4.78, 5) is 21.2. The van der Waals surface area contributed by atoms with Crippen molar-refractivity contribution in [1.82, 2.24) is 9.88 Å². The van der Waals surface area contributed by atoms with E-state index in [2.05, 4.69) is 4.90 Å². The second kappa shape index (κ2) is 7.32. The third kappa shape index (κ3) is 3.44. The van der Waals surface area contributed by atoms with E-state index in [9.17, 15) is 9.18 Å². The highest BCUT2D eigenvalue weighted by atomic mass is 35.5. The molecule has 2 aromatic carbocycles. The molecule has 0 N–H and O–H groups in total. The molecule has 1 amide bonds. The first-order valence-corrected chi connectivity index (χ1v) is 9.69. The number of nitrogens with zero attached hydrogens (tertiary/aromatic N) is 3. The van der Waals surface area contributed by atoms with Crippen LogP contribution in [0.1, 0.15) is 10.4 Å². The lowest BCUT2D eigenvalue weighted by Crippen LogP contribution is -2.48. The van der Waals surface area contributed by atoms with E-state index in [1.54, 1.807) is 23.3 Å². The van der Waals surface area contributed by atoms with Gasteiger partial charge in [0.1, 0.15) is 11.3 Å². The van der Waals surface area contributed by atoms with Crippen molar-refractivity contribution in [2.75, 3.05) is 38.2 Å². The summed E-state index contributed by atoms with van der Waals surface area (Å²) < 4.78 is 19.4. The summed E-state index contributed by atoms with van der Waals surface area (Å²) in [5.41, 5.74) is 1.26. The van der Waals surface area contributed by atoms with Gasteiger partial charge in [0.25, 0.3) is 5.91 Å². The molecule has 140 valence electrons. The van der Waals surface area contributed by atoms with Crippen molar-refractivity contribution in [3.8, 4) is 5.75 Å². The van der Waals surface area contributed by atoms with Gasteiger partial charge in [-0.05, 0) is 36.4 Å².